The molecule has 1 aliphatic carbocycles. The van der Waals surface area contributed by atoms with E-state index in [2.05, 4.69) is 20.6 Å². The Hall–Kier alpha value is -3.99. The number of carbonyl (C=O) groups is 1. The molecule has 2 amide bonds. The highest BCUT2D eigenvalue weighted by atomic mass is 32.2. The molecule has 0 spiro atoms. The zero-order valence-corrected chi connectivity index (χ0v) is 19.1. The number of aromatic nitrogens is 2. The molecule has 0 unspecified atom stereocenters. The summed E-state index contributed by atoms with van der Waals surface area (Å²) >= 11 is 0. The monoisotopic (exact) mass is 479 g/mol. The third kappa shape index (κ3) is 4.42. The number of benzene rings is 2. The van der Waals surface area contributed by atoms with Crippen LogP contribution in [0.2, 0.25) is 0 Å². The van der Waals surface area contributed by atoms with Crippen LogP contribution >= 0.6 is 0 Å². The van der Waals surface area contributed by atoms with Crippen molar-refractivity contribution in [1.29, 1.82) is 5.41 Å². The molecule has 34 heavy (non-hydrogen) atoms. The van der Waals surface area contributed by atoms with Gasteiger partial charge in [0.05, 0.1) is 17.1 Å². The highest BCUT2D eigenvalue weighted by Crippen LogP contribution is 2.50. The SMILES string of the molecule is N=C(N)CNC(=O)Nc1ccc(-c2nc(N)cc(C3(S(=O)(=O)c4ccccc4)CCC3)n2)cc1. The number of amidine groups is 1. The van der Waals surface area contributed by atoms with Crippen LogP contribution in [0.4, 0.5) is 16.3 Å². The lowest BCUT2D eigenvalue weighted by Crippen LogP contribution is -2.43. The minimum atomic E-state index is -3.69. The van der Waals surface area contributed by atoms with Gasteiger partial charge in [0.15, 0.2) is 15.7 Å². The van der Waals surface area contributed by atoms with E-state index in [4.69, 9.17) is 16.9 Å². The van der Waals surface area contributed by atoms with E-state index < -0.39 is 20.6 Å². The molecule has 4 rings (SSSR count). The third-order valence-corrected chi connectivity index (χ3v) is 8.32. The van der Waals surface area contributed by atoms with Crippen molar-refractivity contribution in [3.05, 3.63) is 66.4 Å². The molecule has 0 bridgehead atoms. The van der Waals surface area contributed by atoms with Gasteiger partial charge in [-0.25, -0.2) is 23.2 Å². The molecule has 0 aliphatic heterocycles. The van der Waals surface area contributed by atoms with Crippen LogP contribution in [0.15, 0.2) is 65.6 Å². The average Bonchev–Trinajstić information content (AvgIpc) is 2.77. The average molecular weight is 480 g/mol. The van der Waals surface area contributed by atoms with Gasteiger partial charge in [-0.2, -0.15) is 0 Å². The number of amides is 2. The topological polar surface area (TPSA) is 177 Å². The number of rotatable bonds is 7. The molecule has 1 fully saturated rings. The van der Waals surface area contributed by atoms with E-state index in [0.29, 0.717) is 35.6 Å². The Kier molecular flexibility index (Phi) is 6.20. The molecule has 11 heteroatoms. The summed E-state index contributed by atoms with van der Waals surface area (Å²) in [6.07, 6.45) is 1.69. The lowest BCUT2D eigenvalue weighted by molar-refractivity contribution is 0.253. The Morgan fingerprint density at radius 2 is 1.74 bits per heavy atom. The molecule has 1 aromatic heterocycles. The second kappa shape index (κ2) is 9.10. The molecule has 1 aliphatic rings. The third-order valence-electron chi connectivity index (χ3n) is 5.78. The van der Waals surface area contributed by atoms with Gasteiger partial charge in [0.2, 0.25) is 0 Å². The molecular weight excluding hydrogens is 454 g/mol. The van der Waals surface area contributed by atoms with Crippen molar-refractivity contribution in [3.63, 3.8) is 0 Å². The summed E-state index contributed by atoms with van der Waals surface area (Å²) in [6, 6.07) is 16.2. The normalized spacial score (nSPS) is 14.6. The first-order valence-electron chi connectivity index (χ1n) is 10.6. The van der Waals surface area contributed by atoms with Gasteiger partial charge in [0.25, 0.3) is 0 Å². The zero-order valence-electron chi connectivity index (χ0n) is 18.3. The number of anilines is 2. The van der Waals surface area contributed by atoms with Gasteiger partial charge < -0.3 is 22.1 Å². The number of hydrogen-bond donors (Lipinski definition) is 5. The van der Waals surface area contributed by atoms with Gasteiger partial charge in [-0.1, -0.05) is 18.2 Å². The molecule has 0 saturated heterocycles. The van der Waals surface area contributed by atoms with Crippen LogP contribution in [0.25, 0.3) is 11.4 Å². The number of hydrogen-bond acceptors (Lipinski definition) is 7. The summed E-state index contributed by atoms with van der Waals surface area (Å²) in [6.45, 7) is -0.0581. The number of nitrogen functional groups attached to an aromatic ring is 1. The number of nitrogens with two attached hydrogens (primary N) is 2. The van der Waals surface area contributed by atoms with Gasteiger partial charge in [-0.05, 0) is 55.7 Å². The van der Waals surface area contributed by atoms with Gasteiger partial charge in [0.1, 0.15) is 16.4 Å². The first-order valence-corrected chi connectivity index (χ1v) is 12.1. The molecular formula is C23H25N7O3S. The summed E-state index contributed by atoms with van der Waals surface area (Å²) in [4.78, 5) is 21.0. The van der Waals surface area contributed by atoms with Gasteiger partial charge >= 0.3 is 6.03 Å². The van der Waals surface area contributed by atoms with Crippen LogP contribution in [-0.2, 0) is 14.6 Å². The second-order valence-corrected chi connectivity index (χ2v) is 10.3. The van der Waals surface area contributed by atoms with Crippen LogP contribution in [-0.4, -0.2) is 36.8 Å². The second-order valence-electron chi connectivity index (χ2n) is 8.08. The smallest absolute Gasteiger partial charge is 0.319 e. The summed E-state index contributed by atoms with van der Waals surface area (Å²) in [7, 11) is -3.69. The van der Waals surface area contributed by atoms with E-state index in [1.165, 1.54) is 0 Å². The van der Waals surface area contributed by atoms with Gasteiger partial charge in [-0.3, -0.25) is 5.41 Å². The lowest BCUT2D eigenvalue weighted by atomic mass is 9.81. The van der Waals surface area contributed by atoms with Crippen molar-refractivity contribution < 1.29 is 13.2 Å². The van der Waals surface area contributed by atoms with E-state index >= 15 is 0 Å². The quantitative estimate of drug-likeness (QED) is 0.255. The van der Waals surface area contributed by atoms with E-state index in [1.807, 2.05) is 0 Å². The fourth-order valence-electron chi connectivity index (χ4n) is 3.87. The molecule has 7 N–H and O–H groups in total. The Labute approximate surface area is 197 Å². The fourth-order valence-corrected chi connectivity index (χ4v) is 6.04. The highest BCUT2D eigenvalue weighted by Gasteiger charge is 2.52. The molecule has 10 nitrogen and oxygen atoms in total. The van der Waals surface area contributed by atoms with E-state index in [-0.39, 0.29) is 23.1 Å². The minimum Gasteiger partial charge on any atom is -0.386 e. The summed E-state index contributed by atoms with van der Waals surface area (Å²) in [5.74, 6) is 0.330. The van der Waals surface area contributed by atoms with Gasteiger partial charge in [-0.15, -0.1) is 0 Å². The molecule has 176 valence electrons. The molecule has 1 saturated carbocycles. The minimum absolute atomic E-state index is 0.0581. The first kappa shape index (κ1) is 23.2. The zero-order chi connectivity index (χ0) is 24.3. The lowest BCUT2D eigenvalue weighted by Gasteiger charge is -2.40. The maximum absolute atomic E-state index is 13.6. The van der Waals surface area contributed by atoms with Crippen LogP contribution in [0, 0.1) is 5.41 Å². The Morgan fingerprint density at radius 1 is 1.06 bits per heavy atom. The highest BCUT2D eigenvalue weighted by molar-refractivity contribution is 7.92. The standard InChI is InChI=1S/C23H25N7O3S/c24-19(25)14-27-22(31)28-16-9-7-15(8-10-16)21-29-18(13-20(26)30-21)23(11-4-12-23)34(32,33)17-5-2-1-3-6-17/h1-3,5-10,13H,4,11-12,14H2,(H3,24,25)(H2,26,29,30)(H2,27,28,31). The molecule has 2 aromatic carbocycles. The number of nitrogens with one attached hydrogen (secondary N) is 3. The Bertz CT molecular complexity index is 1320. The largest absolute Gasteiger partial charge is 0.386 e. The van der Waals surface area contributed by atoms with Crippen LogP contribution in [0.3, 0.4) is 0 Å². The molecule has 0 radical (unpaired) electrons. The van der Waals surface area contributed by atoms with Gasteiger partial charge in [0, 0.05) is 17.3 Å². The molecule has 3 aromatic rings. The number of urea groups is 1. The predicted molar refractivity (Wildman–Crippen MR) is 130 cm³/mol. The maximum atomic E-state index is 13.6. The van der Waals surface area contributed by atoms with E-state index in [1.54, 1.807) is 60.7 Å². The summed E-state index contributed by atoms with van der Waals surface area (Å²) in [5.41, 5.74) is 12.8. The first-order chi connectivity index (χ1) is 16.2. The van der Waals surface area contributed by atoms with Crippen molar-refractivity contribution in [1.82, 2.24) is 15.3 Å². The summed E-state index contributed by atoms with van der Waals surface area (Å²) < 4.78 is 26.0. The van der Waals surface area contributed by atoms with Crippen LogP contribution < -0.4 is 22.1 Å². The van der Waals surface area contributed by atoms with Crippen molar-refractivity contribution >= 4 is 33.2 Å². The number of sulfone groups is 1. The Balaban J connectivity index is 1.63. The summed E-state index contributed by atoms with van der Waals surface area (Å²) in [5, 5.41) is 12.2. The van der Waals surface area contributed by atoms with Crippen molar-refractivity contribution in [2.45, 2.75) is 28.9 Å². The number of carbonyl (C=O) groups excluding carboxylic acids is 1. The number of nitrogens with zero attached hydrogens (tertiary/aromatic N) is 2. The van der Waals surface area contributed by atoms with Crippen LogP contribution in [0.1, 0.15) is 25.0 Å². The maximum Gasteiger partial charge on any atom is 0.319 e. The van der Waals surface area contributed by atoms with Crippen molar-refractivity contribution in [2.75, 3.05) is 17.6 Å². The van der Waals surface area contributed by atoms with Crippen LogP contribution in [0.5, 0.6) is 0 Å². The molecule has 1 heterocycles. The van der Waals surface area contributed by atoms with E-state index in [9.17, 15) is 13.2 Å². The molecule has 0 atom stereocenters. The fraction of sp³-hybridized carbons (Fsp3) is 0.217. The van der Waals surface area contributed by atoms with Crippen molar-refractivity contribution in [2.24, 2.45) is 5.73 Å². The van der Waals surface area contributed by atoms with Crippen molar-refractivity contribution in [3.8, 4) is 11.4 Å². The van der Waals surface area contributed by atoms with E-state index in [0.717, 1.165) is 6.42 Å². The predicted octanol–water partition coefficient (Wildman–Crippen LogP) is 2.64. The Morgan fingerprint density at radius 3 is 2.32 bits per heavy atom.